The summed E-state index contributed by atoms with van der Waals surface area (Å²) in [5.41, 5.74) is 3.77. The van der Waals surface area contributed by atoms with Gasteiger partial charge in [0.15, 0.2) is 5.82 Å². The molecule has 34 heavy (non-hydrogen) atoms. The van der Waals surface area contributed by atoms with E-state index in [0.717, 1.165) is 26.9 Å². The number of hydrogen-bond donors (Lipinski definition) is 1. The number of carbonyl (C=O) groups excluding carboxylic acids is 1. The van der Waals surface area contributed by atoms with Gasteiger partial charge in [0.25, 0.3) is 5.91 Å². The van der Waals surface area contributed by atoms with Gasteiger partial charge >= 0.3 is 5.69 Å². The molecule has 0 unspecified atom stereocenters. The van der Waals surface area contributed by atoms with Crippen LogP contribution in [0.15, 0.2) is 83.7 Å². The molecule has 0 saturated heterocycles. The zero-order valence-electron chi connectivity index (χ0n) is 18.4. The van der Waals surface area contributed by atoms with Crippen molar-refractivity contribution in [3.63, 3.8) is 0 Å². The molecule has 2 aromatic heterocycles. The molecule has 0 radical (unpaired) electrons. The van der Waals surface area contributed by atoms with E-state index < -0.39 is 11.6 Å². The van der Waals surface area contributed by atoms with Crippen molar-refractivity contribution in [1.29, 1.82) is 0 Å². The topological polar surface area (TPSA) is 111 Å². The Hall–Kier alpha value is -4.66. The van der Waals surface area contributed by atoms with Gasteiger partial charge in [-0.15, -0.1) is 14.9 Å². The Bertz CT molecular complexity index is 1480. The lowest BCUT2D eigenvalue weighted by molar-refractivity contribution is 0.0939. The van der Waals surface area contributed by atoms with E-state index in [1.54, 1.807) is 28.8 Å². The first-order chi connectivity index (χ1) is 16.7. The van der Waals surface area contributed by atoms with Gasteiger partial charge in [0.2, 0.25) is 0 Å². The van der Waals surface area contributed by atoms with Crippen LogP contribution in [-0.2, 0) is 13.0 Å². The molecule has 0 atom stereocenters. The summed E-state index contributed by atoms with van der Waals surface area (Å²) in [4.78, 5) is 25.9. The number of rotatable bonds is 6. The van der Waals surface area contributed by atoms with Gasteiger partial charge in [-0.2, -0.15) is 0 Å². The highest BCUT2D eigenvalue weighted by atomic mass is 16.2. The first-order valence-corrected chi connectivity index (χ1v) is 10.9. The van der Waals surface area contributed by atoms with Gasteiger partial charge in [-0.25, -0.2) is 9.89 Å². The monoisotopic (exact) mass is 451 g/mol. The van der Waals surface area contributed by atoms with Crippen LogP contribution < -0.4 is 5.69 Å². The second kappa shape index (κ2) is 9.07. The smallest absolute Gasteiger partial charge is 0.274 e. The number of aryl methyl sites for hydroxylation is 1. The Labute approximate surface area is 194 Å². The SMILES string of the molecule is CCc1nn(C(=O)c2ccccc2)c(=O)n1Cc1ccc(-c2ccccc2-c2nnn[nH]2)cc1. The normalized spacial score (nSPS) is 11.0. The zero-order chi connectivity index (χ0) is 23.5. The number of benzene rings is 3. The second-order valence-corrected chi connectivity index (χ2v) is 7.71. The zero-order valence-corrected chi connectivity index (χ0v) is 18.4. The number of hydrogen-bond acceptors (Lipinski definition) is 6. The van der Waals surface area contributed by atoms with Crippen LogP contribution in [0.1, 0.15) is 28.7 Å². The molecule has 5 rings (SSSR count). The fraction of sp³-hybridized carbons (Fsp3) is 0.120. The number of tetrazole rings is 1. The maximum atomic E-state index is 13.1. The summed E-state index contributed by atoms with van der Waals surface area (Å²) in [6.07, 6.45) is 0.529. The molecule has 0 spiro atoms. The first kappa shape index (κ1) is 21.2. The van der Waals surface area contributed by atoms with Crippen molar-refractivity contribution in [1.82, 2.24) is 35.0 Å². The second-order valence-electron chi connectivity index (χ2n) is 7.71. The number of nitrogens with one attached hydrogen (secondary N) is 1. The Morgan fingerprint density at radius 2 is 1.62 bits per heavy atom. The Morgan fingerprint density at radius 1 is 0.912 bits per heavy atom. The predicted molar refractivity (Wildman–Crippen MR) is 126 cm³/mol. The highest BCUT2D eigenvalue weighted by molar-refractivity contribution is 5.95. The molecule has 3 aromatic carbocycles. The lowest BCUT2D eigenvalue weighted by atomic mass is 9.98. The quantitative estimate of drug-likeness (QED) is 0.424. The molecular weight excluding hydrogens is 430 g/mol. The summed E-state index contributed by atoms with van der Waals surface area (Å²) in [6.45, 7) is 2.23. The summed E-state index contributed by atoms with van der Waals surface area (Å²) in [6, 6.07) is 24.5. The third-order valence-corrected chi connectivity index (χ3v) is 5.60. The third-order valence-electron chi connectivity index (χ3n) is 5.60. The number of nitrogens with zero attached hydrogens (tertiary/aromatic N) is 6. The van der Waals surface area contributed by atoms with E-state index in [2.05, 4.69) is 25.7 Å². The summed E-state index contributed by atoms with van der Waals surface area (Å²) in [7, 11) is 0. The van der Waals surface area contributed by atoms with E-state index in [1.807, 2.05) is 61.5 Å². The van der Waals surface area contributed by atoms with Gasteiger partial charge in [-0.05, 0) is 39.2 Å². The van der Waals surface area contributed by atoms with Crippen LogP contribution in [-0.4, -0.2) is 40.9 Å². The van der Waals surface area contributed by atoms with Crippen LogP contribution in [0.25, 0.3) is 22.5 Å². The van der Waals surface area contributed by atoms with Gasteiger partial charge in [0.1, 0.15) is 5.82 Å². The molecule has 0 amide bonds. The summed E-state index contributed by atoms with van der Waals surface area (Å²) in [5, 5.41) is 18.5. The Balaban J connectivity index is 1.44. The van der Waals surface area contributed by atoms with E-state index in [0.29, 0.717) is 30.2 Å². The average Bonchev–Trinajstić information content (AvgIpc) is 3.53. The third kappa shape index (κ3) is 3.95. The summed E-state index contributed by atoms with van der Waals surface area (Å²) in [5.74, 6) is 0.712. The van der Waals surface area contributed by atoms with Crippen molar-refractivity contribution in [3.8, 4) is 22.5 Å². The van der Waals surface area contributed by atoms with Crippen LogP contribution in [0.4, 0.5) is 0 Å². The molecular formula is C25H21N7O2. The van der Waals surface area contributed by atoms with E-state index in [-0.39, 0.29) is 0 Å². The van der Waals surface area contributed by atoms with E-state index in [4.69, 9.17) is 0 Å². The van der Waals surface area contributed by atoms with Gasteiger partial charge in [-0.3, -0.25) is 9.36 Å². The maximum absolute atomic E-state index is 13.1. The maximum Gasteiger partial charge on any atom is 0.353 e. The molecule has 1 N–H and O–H groups in total. The van der Waals surface area contributed by atoms with Crippen molar-refractivity contribution in [2.75, 3.05) is 0 Å². The van der Waals surface area contributed by atoms with Gasteiger partial charge in [0.05, 0.1) is 6.54 Å². The summed E-state index contributed by atoms with van der Waals surface area (Å²) < 4.78 is 2.49. The molecule has 0 bridgehead atoms. The van der Waals surface area contributed by atoms with Gasteiger partial charge in [0, 0.05) is 17.5 Å². The lowest BCUT2D eigenvalue weighted by Crippen LogP contribution is -2.30. The molecule has 0 aliphatic rings. The fourth-order valence-corrected chi connectivity index (χ4v) is 3.88. The molecule has 9 heteroatoms. The van der Waals surface area contributed by atoms with Crippen LogP contribution in [0.3, 0.4) is 0 Å². The highest BCUT2D eigenvalue weighted by Gasteiger charge is 2.19. The van der Waals surface area contributed by atoms with Crippen LogP contribution in [0.2, 0.25) is 0 Å². The van der Waals surface area contributed by atoms with Crippen LogP contribution in [0.5, 0.6) is 0 Å². The largest absolute Gasteiger partial charge is 0.353 e. The highest BCUT2D eigenvalue weighted by Crippen LogP contribution is 2.29. The lowest BCUT2D eigenvalue weighted by Gasteiger charge is -2.09. The van der Waals surface area contributed by atoms with E-state index in [1.165, 1.54) is 0 Å². The Morgan fingerprint density at radius 3 is 2.29 bits per heavy atom. The van der Waals surface area contributed by atoms with Gasteiger partial charge in [-0.1, -0.05) is 73.7 Å². The van der Waals surface area contributed by atoms with Crippen LogP contribution in [0, 0.1) is 0 Å². The van der Waals surface area contributed by atoms with E-state index >= 15 is 0 Å². The van der Waals surface area contributed by atoms with E-state index in [9.17, 15) is 9.59 Å². The molecule has 168 valence electrons. The van der Waals surface area contributed by atoms with Crippen molar-refractivity contribution in [2.24, 2.45) is 0 Å². The first-order valence-electron chi connectivity index (χ1n) is 10.9. The standard InChI is InChI=1S/C25H21N7O2/c1-2-22-28-32(24(33)19-8-4-3-5-9-19)25(34)31(22)16-17-12-14-18(15-13-17)20-10-6-7-11-21(20)23-26-29-30-27-23/h3-15H,2,16H2,1H3,(H,26,27,29,30). The Kier molecular flexibility index (Phi) is 5.65. The minimum absolute atomic E-state index is 0.317. The summed E-state index contributed by atoms with van der Waals surface area (Å²) >= 11 is 0. The molecule has 0 saturated carbocycles. The molecule has 9 nitrogen and oxygen atoms in total. The number of H-pyrrole nitrogens is 1. The van der Waals surface area contributed by atoms with Crippen molar-refractivity contribution in [2.45, 2.75) is 19.9 Å². The van der Waals surface area contributed by atoms with Crippen molar-refractivity contribution < 1.29 is 4.79 Å². The molecule has 0 aliphatic heterocycles. The minimum atomic E-state index is -0.446. The molecule has 0 fully saturated rings. The minimum Gasteiger partial charge on any atom is -0.274 e. The number of aromatic amines is 1. The fourth-order valence-electron chi connectivity index (χ4n) is 3.88. The van der Waals surface area contributed by atoms with Crippen molar-refractivity contribution >= 4 is 5.91 Å². The number of carbonyl (C=O) groups is 1. The molecule has 2 heterocycles. The molecule has 0 aliphatic carbocycles. The predicted octanol–water partition coefficient (Wildman–Crippen LogP) is 3.19. The average molecular weight is 451 g/mol. The van der Waals surface area contributed by atoms with Gasteiger partial charge < -0.3 is 0 Å². The van der Waals surface area contributed by atoms with Crippen LogP contribution >= 0.6 is 0 Å². The number of aromatic nitrogens is 7. The van der Waals surface area contributed by atoms with Crippen molar-refractivity contribution in [3.05, 3.63) is 106 Å². The molecule has 5 aromatic rings.